The fourth-order valence-corrected chi connectivity index (χ4v) is 1.82. The Kier molecular flexibility index (Phi) is 16.9. The molecule has 0 aliphatic heterocycles. The molecule has 0 amide bonds. The van der Waals surface area contributed by atoms with E-state index in [-0.39, 0.29) is 0 Å². The molecule has 2 heteroatoms. The molecule has 24 heavy (non-hydrogen) atoms. The lowest BCUT2D eigenvalue weighted by molar-refractivity contribution is -0.131. The summed E-state index contributed by atoms with van der Waals surface area (Å²) in [6.45, 7) is 2.24. The topological polar surface area (TPSA) is 37.3 Å². The maximum atomic E-state index is 10.2. The van der Waals surface area contributed by atoms with Gasteiger partial charge in [-0.1, -0.05) is 112 Å². The summed E-state index contributed by atoms with van der Waals surface area (Å²) in [6, 6.07) is 0. The molecule has 0 aromatic rings. The fraction of sp³-hybridized carbons (Fsp3) is 0.318. The van der Waals surface area contributed by atoms with E-state index in [2.05, 4.69) is 19.1 Å². The number of carboxylic acids is 1. The van der Waals surface area contributed by atoms with Crippen LogP contribution in [0.25, 0.3) is 0 Å². The van der Waals surface area contributed by atoms with Crippen LogP contribution in [0.3, 0.4) is 0 Å². The second kappa shape index (κ2) is 18.7. The van der Waals surface area contributed by atoms with E-state index in [4.69, 9.17) is 5.11 Å². The molecular formula is C22H30O2. The smallest absolute Gasteiger partial charge is 0.328 e. The van der Waals surface area contributed by atoms with Crippen LogP contribution in [0, 0.1) is 0 Å². The summed E-state index contributed by atoms with van der Waals surface area (Å²) in [5.41, 5.74) is 0. The molecule has 0 bridgehead atoms. The average Bonchev–Trinajstić information content (AvgIpc) is 2.56. The van der Waals surface area contributed by atoms with Crippen LogP contribution >= 0.6 is 0 Å². The van der Waals surface area contributed by atoms with Gasteiger partial charge >= 0.3 is 5.97 Å². The third-order valence-corrected chi connectivity index (χ3v) is 3.07. The van der Waals surface area contributed by atoms with Crippen LogP contribution in [0.15, 0.2) is 85.1 Å². The number of carbonyl (C=O) groups is 1. The van der Waals surface area contributed by atoms with Crippen molar-refractivity contribution in [1.29, 1.82) is 0 Å². The minimum Gasteiger partial charge on any atom is -0.478 e. The number of unbranched alkanes of at least 4 members (excludes halogenated alkanes) is 5. The van der Waals surface area contributed by atoms with Gasteiger partial charge in [0, 0.05) is 6.08 Å². The summed E-state index contributed by atoms with van der Waals surface area (Å²) in [6.07, 6.45) is 33.8. The normalized spacial score (nSPS) is 13.4. The Morgan fingerprint density at radius 1 is 0.667 bits per heavy atom. The van der Waals surface area contributed by atoms with Gasteiger partial charge in [0.2, 0.25) is 0 Å². The van der Waals surface area contributed by atoms with Crippen molar-refractivity contribution in [2.45, 2.75) is 45.4 Å². The standard InChI is InChI=1S/C22H30O2/c1-2-3-4-5-6-7-8-9-10-11-12-13-14-15-16-17-18-19-20-21-22(23)24/h8-21H,2-7H2,1H3,(H,23,24). The Bertz CT molecular complexity index is 500. The Morgan fingerprint density at radius 3 is 1.62 bits per heavy atom. The van der Waals surface area contributed by atoms with E-state index in [1.54, 1.807) is 12.2 Å². The first kappa shape index (κ1) is 21.6. The molecule has 1 N–H and O–H groups in total. The van der Waals surface area contributed by atoms with E-state index in [0.29, 0.717) is 0 Å². The average molecular weight is 326 g/mol. The van der Waals surface area contributed by atoms with E-state index in [1.165, 1.54) is 38.2 Å². The SMILES string of the molecule is CCCCCCCC=CC=CC=CC=CC=CC=CC=CC(=O)O. The summed E-state index contributed by atoms with van der Waals surface area (Å²) in [7, 11) is 0. The van der Waals surface area contributed by atoms with Gasteiger partial charge in [0.1, 0.15) is 0 Å². The van der Waals surface area contributed by atoms with Crippen molar-refractivity contribution in [2.24, 2.45) is 0 Å². The quantitative estimate of drug-likeness (QED) is 0.244. The van der Waals surface area contributed by atoms with Gasteiger partial charge in [-0.15, -0.1) is 0 Å². The Morgan fingerprint density at radius 2 is 1.12 bits per heavy atom. The lowest BCUT2D eigenvalue weighted by Crippen LogP contribution is -1.84. The van der Waals surface area contributed by atoms with Crippen molar-refractivity contribution in [3.05, 3.63) is 85.1 Å². The minimum absolute atomic E-state index is 0.941. The summed E-state index contributed by atoms with van der Waals surface area (Å²) in [5.74, 6) is -0.941. The number of hydrogen-bond acceptors (Lipinski definition) is 1. The van der Waals surface area contributed by atoms with Crippen molar-refractivity contribution >= 4 is 5.97 Å². The van der Waals surface area contributed by atoms with Crippen molar-refractivity contribution in [1.82, 2.24) is 0 Å². The van der Waals surface area contributed by atoms with Gasteiger partial charge in [-0.05, 0) is 12.8 Å². The molecule has 0 radical (unpaired) electrons. The van der Waals surface area contributed by atoms with Crippen LogP contribution in [0.2, 0.25) is 0 Å². The Labute approximate surface area is 147 Å². The molecule has 0 heterocycles. The second-order valence-electron chi connectivity index (χ2n) is 5.25. The van der Waals surface area contributed by atoms with Gasteiger partial charge in [-0.2, -0.15) is 0 Å². The molecule has 2 nitrogen and oxygen atoms in total. The summed E-state index contributed by atoms with van der Waals surface area (Å²) in [5, 5.41) is 8.39. The van der Waals surface area contributed by atoms with Gasteiger partial charge in [-0.3, -0.25) is 0 Å². The van der Waals surface area contributed by atoms with E-state index in [1.807, 2.05) is 48.6 Å². The molecular weight excluding hydrogens is 296 g/mol. The van der Waals surface area contributed by atoms with Gasteiger partial charge in [-0.25, -0.2) is 4.79 Å². The second-order valence-corrected chi connectivity index (χ2v) is 5.25. The van der Waals surface area contributed by atoms with Gasteiger partial charge in [0.25, 0.3) is 0 Å². The molecule has 0 atom stereocenters. The molecule has 0 saturated carbocycles. The van der Waals surface area contributed by atoms with E-state index < -0.39 is 5.97 Å². The van der Waals surface area contributed by atoms with Crippen molar-refractivity contribution in [2.75, 3.05) is 0 Å². The van der Waals surface area contributed by atoms with Crippen LogP contribution in [0.5, 0.6) is 0 Å². The first-order chi connectivity index (χ1) is 11.8. The van der Waals surface area contributed by atoms with Crippen LogP contribution in [-0.2, 0) is 4.79 Å². The van der Waals surface area contributed by atoms with E-state index in [9.17, 15) is 4.79 Å². The molecule has 0 aromatic carbocycles. The van der Waals surface area contributed by atoms with Gasteiger partial charge in [0.15, 0.2) is 0 Å². The third-order valence-electron chi connectivity index (χ3n) is 3.07. The van der Waals surface area contributed by atoms with Crippen molar-refractivity contribution < 1.29 is 9.90 Å². The maximum absolute atomic E-state index is 10.2. The van der Waals surface area contributed by atoms with E-state index >= 15 is 0 Å². The number of aliphatic carboxylic acids is 1. The molecule has 0 aliphatic rings. The van der Waals surface area contributed by atoms with Crippen molar-refractivity contribution in [3.8, 4) is 0 Å². The molecule has 0 rings (SSSR count). The van der Waals surface area contributed by atoms with Crippen LogP contribution < -0.4 is 0 Å². The summed E-state index contributed by atoms with van der Waals surface area (Å²) < 4.78 is 0. The number of carboxylic acid groups (broad SMARTS) is 1. The predicted molar refractivity (Wildman–Crippen MR) is 105 cm³/mol. The molecule has 0 fully saturated rings. The lowest BCUT2D eigenvalue weighted by Gasteiger charge is -1.95. The highest BCUT2D eigenvalue weighted by molar-refractivity contribution is 5.80. The van der Waals surface area contributed by atoms with E-state index in [0.717, 1.165) is 12.5 Å². The maximum Gasteiger partial charge on any atom is 0.328 e. The Balaban J connectivity index is 3.70. The number of rotatable bonds is 13. The molecule has 0 aromatic heterocycles. The molecule has 0 saturated heterocycles. The lowest BCUT2D eigenvalue weighted by atomic mass is 10.1. The van der Waals surface area contributed by atoms with Crippen molar-refractivity contribution in [3.63, 3.8) is 0 Å². The highest BCUT2D eigenvalue weighted by Crippen LogP contribution is 2.05. The molecule has 0 unspecified atom stereocenters. The van der Waals surface area contributed by atoms with Gasteiger partial charge < -0.3 is 5.11 Å². The monoisotopic (exact) mass is 326 g/mol. The highest BCUT2D eigenvalue weighted by atomic mass is 16.4. The first-order valence-electron chi connectivity index (χ1n) is 8.67. The van der Waals surface area contributed by atoms with Crippen LogP contribution in [0.4, 0.5) is 0 Å². The minimum atomic E-state index is -0.941. The number of allylic oxidation sites excluding steroid dienone is 13. The largest absolute Gasteiger partial charge is 0.478 e. The fourth-order valence-electron chi connectivity index (χ4n) is 1.82. The Hall–Kier alpha value is -2.35. The summed E-state index contributed by atoms with van der Waals surface area (Å²) >= 11 is 0. The zero-order valence-electron chi connectivity index (χ0n) is 14.7. The zero-order valence-corrected chi connectivity index (χ0v) is 14.7. The van der Waals surface area contributed by atoms with Crippen LogP contribution in [0.1, 0.15) is 45.4 Å². The summed E-state index contributed by atoms with van der Waals surface area (Å²) in [4.78, 5) is 10.2. The van der Waals surface area contributed by atoms with Crippen LogP contribution in [-0.4, -0.2) is 11.1 Å². The third kappa shape index (κ3) is 19.7. The molecule has 0 aliphatic carbocycles. The number of hydrogen-bond donors (Lipinski definition) is 1. The predicted octanol–water partition coefficient (Wildman–Crippen LogP) is 6.32. The van der Waals surface area contributed by atoms with Gasteiger partial charge in [0.05, 0.1) is 0 Å². The first-order valence-corrected chi connectivity index (χ1v) is 8.67. The highest BCUT2D eigenvalue weighted by Gasteiger charge is 1.85. The molecule has 130 valence electrons. The molecule has 0 spiro atoms. The zero-order chi connectivity index (χ0) is 17.7.